The van der Waals surface area contributed by atoms with Gasteiger partial charge in [-0.1, -0.05) is 26.8 Å². The second kappa shape index (κ2) is 10.8. The number of carbonyl (C=O) groups excluding carboxylic acids is 1. The molecule has 0 bridgehead atoms. The van der Waals surface area contributed by atoms with Gasteiger partial charge >= 0.3 is 5.92 Å². The number of carbonyl (C=O) groups is 1. The second-order valence-corrected chi connectivity index (χ2v) is 8.22. The zero-order valence-electron chi connectivity index (χ0n) is 20.7. The maximum atomic E-state index is 15.3. The van der Waals surface area contributed by atoms with Gasteiger partial charge in [-0.2, -0.15) is 19.0 Å². The van der Waals surface area contributed by atoms with E-state index in [4.69, 9.17) is 5.41 Å². The van der Waals surface area contributed by atoms with E-state index in [0.717, 1.165) is 18.2 Å². The van der Waals surface area contributed by atoms with Crippen LogP contribution in [0.25, 0.3) is 10.9 Å². The third kappa shape index (κ3) is 5.45. The molecular formula is C26H26F4N6O. The van der Waals surface area contributed by atoms with Gasteiger partial charge in [0.25, 0.3) is 5.91 Å². The van der Waals surface area contributed by atoms with Crippen molar-refractivity contribution in [3.63, 3.8) is 0 Å². The number of aryl methyl sites for hydroxylation is 1. The Balaban J connectivity index is 0.00000121. The molecule has 3 aromatic rings. The molecule has 2 N–H and O–H groups in total. The first-order valence-corrected chi connectivity index (χ1v) is 11.3. The minimum Gasteiger partial charge on any atom is -0.355 e. The molecule has 2 aromatic carbocycles. The van der Waals surface area contributed by atoms with Crippen molar-refractivity contribution in [2.24, 2.45) is 12.1 Å². The van der Waals surface area contributed by atoms with Crippen molar-refractivity contribution in [2.75, 3.05) is 7.05 Å². The van der Waals surface area contributed by atoms with E-state index < -0.39 is 34.9 Å². The predicted molar refractivity (Wildman–Crippen MR) is 135 cm³/mol. The van der Waals surface area contributed by atoms with Crippen LogP contribution in [0.15, 0.2) is 66.1 Å². The fourth-order valence-corrected chi connectivity index (χ4v) is 3.47. The number of hydrogen-bond acceptors (Lipinski definition) is 4. The minimum absolute atomic E-state index is 0.0611. The maximum Gasteiger partial charge on any atom is 0.334 e. The van der Waals surface area contributed by atoms with Crippen molar-refractivity contribution in [3.05, 3.63) is 89.3 Å². The van der Waals surface area contributed by atoms with E-state index in [9.17, 15) is 13.6 Å². The van der Waals surface area contributed by atoms with E-state index >= 15 is 8.78 Å². The van der Waals surface area contributed by atoms with Crippen LogP contribution < -0.4 is 5.32 Å². The highest BCUT2D eigenvalue weighted by molar-refractivity contribution is 6.11. The number of rotatable bonds is 4. The Kier molecular flexibility index (Phi) is 7.95. The van der Waals surface area contributed by atoms with Gasteiger partial charge in [-0.15, -0.1) is 0 Å². The fourth-order valence-electron chi connectivity index (χ4n) is 3.47. The Bertz CT molecular complexity index is 1440. The molecule has 1 aromatic heterocycles. The van der Waals surface area contributed by atoms with Crippen molar-refractivity contribution in [1.29, 1.82) is 5.41 Å². The number of halogens is 4. The number of alkyl halides is 2. The summed E-state index contributed by atoms with van der Waals surface area (Å²) in [4.78, 5) is 11.7. The van der Waals surface area contributed by atoms with Crippen LogP contribution in [0.4, 0.5) is 17.6 Å². The summed E-state index contributed by atoms with van der Waals surface area (Å²) < 4.78 is 61.2. The molecule has 0 saturated carbocycles. The lowest BCUT2D eigenvalue weighted by Crippen LogP contribution is -2.39. The quantitative estimate of drug-likeness (QED) is 0.274. The Morgan fingerprint density at radius 2 is 1.81 bits per heavy atom. The highest BCUT2D eigenvalue weighted by atomic mass is 19.3. The number of aromatic nitrogens is 2. The number of hydrogen-bond donors (Lipinski definition) is 2. The van der Waals surface area contributed by atoms with E-state index in [2.05, 4.69) is 35.9 Å². The van der Waals surface area contributed by atoms with Crippen LogP contribution in [0.3, 0.4) is 0 Å². The van der Waals surface area contributed by atoms with Gasteiger partial charge in [-0.3, -0.25) is 14.9 Å². The van der Waals surface area contributed by atoms with Gasteiger partial charge in [0.05, 0.1) is 22.5 Å². The van der Waals surface area contributed by atoms with E-state index in [1.807, 2.05) is 0 Å². The normalized spacial score (nSPS) is 13.2. The third-order valence-corrected chi connectivity index (χ3v) is 5.20. The Hall–Kier alpha value is -4.28. The molecule has 0 saturated heterocycles. The smallest absolute Gasteiger partial charge is 0.334 e. The van der Waals surface area contributed by atoms with Gasteiger partial charge in [-0.05, 0) is 36.4 Å². The number of benzene rings is 2. The molecule has 37 heavy (non-hydrogen) atoms. The Morgan fingerprint density at radius 1 is 1.14 bits per heavy atom. The summed E-state index contributed by atoms with van der Waals surface area (Å²) in [6, 6.07) is 5.40. The summed E-state index contributed by atoms with van der Waals surface area (Å²) >= 11 is 0. The molecule has 0 radical (unpaired) electrons. The maximum absolute atomic E-state index is 15.3. The van der Waals surface area contributed by atoms with Gasteiger partial charge in [0.15, 0.2) is 5.84 Å². The number of amidine groups is 1. The van der Waals surface area contributed by atoms with E-state index in [0.29, 0.717) is 5.01 Å². The monoisotopic (exact) mass is 514 g/mol. The molecule has 0 aliphatic carbocycles. The fraction of sp³-hybridized carbons (Fsp3) is 0.231. The first kappa shape index (κ1) is 27.3. The van der Waals surface area contributed by atoms with E-state index in [1.54, 1.807) is 7.05 Å². The van der Waals surface area contributed by atoms with Crippen LogP contribution in [0.2, 0.25) is 0 Å². The lowest BCUT2D eigenvalue weighted by molar-refractivity contribution is 0.0579. The Morgan fingerprint density at radius 3 is 2.43 bits per heavy atom. The average molecular weight is 515 g/mol. The molecule has 2 heterocycles. The minimum atomic E-state index is -4.10. The predicted octanol–water partition coefficient (Wildman–Crippen LogP) is 5.49. The molecule has 1 amide bonds. The van der Waals surface area contributed by atoms with Gasteiger partial charge < -0.3 is 5.32 Å². The van der Waals surface area contributed by atoms with Crippen LogP contribution in [-0.4, -0.2) is 39.3 Å². The third-order valence-electron chi connectivity index (χ3n) is 5.20. The number of fused-ring (bicyclic) bond motifs is 1. The van der Waals surface area contributed by atoms with Crippen molar-refractivity contribution < 1.29 is 22.4 Å². The molecule has 1 aliphatic rings. The zero-order valence-corrected chi connectivity index (χ0v) is 20.7. The number of nitrogens with zero attached hydrogens (tertiary/aromatic N) is 4. The molecule has 7 nitrogen and oxygen atoms in total. The lowest BCUT2D eigenvalue weighted by Gasteiger charge is -2.29. The molecule has 11 heteroatoms. The van der Waals surface area contributed by atoms with Gasteiger partial charge in [0.1, 0.15) is 11.6 Å². The van der Waals surface area contributed by atoms with Crippen LogP contribution in [0, 0.1) is 17.0 Å². The van der Waals surface area contributed by atoms with Gasteiger partial charge in [-0.25, -0.2) is 13.8 Å². The van der Waals surface area contributed by atoms with Gasteiger partial charge in [0, 0.05) is 42.9 Å². The summed E-state index contributed by atoms with van der Waals surface area (Å²) in [5, 5.41) is 19.2. The number of nitrogens with one attached hydrogen (secondary N) is 2. The SMILES string of the molecule is C=C1C=CC(c2ccc(C(=O)NC)cc2F)=NN1C(=N)C(F)(F)c1cc2cn(C)nc2cc1F.CCC. The molecule has 1 aliphatic heterocycles. The molecule has 4 rings (SSSR count). The second-order valence-electron chi connectivity index (χ2n) is 8.22. The van der Waals surface area contributed by atoms with Crippen LogP contribution in [0.5, 0.6) is 0 Å². The number of hydrazone groups is 1. The molecular weight excluding hydrogens is 488 g/mol. The molecule has 0 spiro atoms. The van der Waals surface area contributed by atoms with E-state index in [-0.39, 0.29) is 33.4 Å². The highest BCUT2D eigenvalue weighted by Crippen LogP contribution is 2.36. The summed E-state index contributed by atoms with van der Waals surface area (Å²) in [5.74, 6) is -8.03. The van der Waals surface area contributed by atoms with Crippen LogP contribution >= 0.6 is 0 Å². The van der Waals surface area contributed by atoms with E-state index in [1.165, 1.54) is 48.6 Å². The summed E-state index contributed by atoms with van der Waals surface area (Å²) in [6.07, 6.45) is 5.31. The zero-order chi connectivity index (χ0) is 27.5. The van der Waals surface area contributed by atoms with Crippen molar-refractivity contribution in [3.8, 4) is 0 Å². The molecule has 0 fully saturated rings. The highest BCUT2D eigenvalue weighted by Gasteiger charge is 2.44. The summed E-state index contributed by atoms with van der Waals surface area (Å²) in [5.41, 5.74) is -1.05. The first-order valence-electron chi connectivity index (χ1n) is 11.3. The topological polar surface area (TPSA) is 86.4 Å². The largest absolute Gasteiger partial charge is 0.355 e. The van der Waals surface area contributed by atoms with Crippen molar-refractivity contribution >= 4 is 28.4 Å². The van der Waals surface area contributed by atoms with Crippen LogP contribution in [0.1, 0.15) is 41.8 Å². The average Bonchev–Trinajstić information content (AvgIpc) is 3.22. The molecule has 194 valence electrons. The summed E-state index contributed by atoms with van der Waals surface area (Å²) in [6.45, 7) is 7.85. The molecule has 0 unspecified atom stereocenters. The first-order chi connectivity index (χ1) is 17.4. The standard InChI is InChI=1S/C23H18F4N6O.C3H8/c1-12-4-7-19(15-6-5-13(9-17(15)24)21(34)29-2)31-33(12)22(28)23(26,27)16-8-14-11-32(3)30-20(14)10-18(16)25;1-3-2/h4-11,28H,1H2,2-3H3,(H,29,34);3H2,1-2H3. The molecule has 0 atom stereocenters. The lowest BCUT2D eigenvalue weighted by atomic mass is 10.0. The van der Waals surface area contributed by atoms with Crippen LogP contribution in [-0.2, 0) is 13.0 Å². The van der Waals surface area contributed by atoms with Crippen molar-refractivity contribution in [2.45, 2.75) is 26.2 Å². The van der Waals surface area contributed by atoms with Crippen molar-refractivity contribution in [1.82, 2.24) is 20.1 Å². The Labute approximate surface area is 211 Å². The van der Waals surface area contributed by atoms with Gasteiger partial charge in [0.2, 0.25) is 0 Å². The number of allylic oxidation sites excluding steroid dienone is 2. The summed E-state index contributed by atoms with van der Waals surface area (Å²) in [7, 11) is 2.96. The number of amides is 1.